The second kappa shape index (κ2) is 9.42. The van der Waals surface area contributed by atoms with Crippen LogP contribution in [0.1, 0.15) is 24.5 Å². The Morgan fingerprint density at radius 2 is 2.07 bits per heavy atom. The summed E-state index contributed by atoms with van der Waals surface area (Å²) in [7, 11) is 0. The molecule has 0 radical (unpaired) electrons. The van der Waals surface area contributed by atoms with Crippen LogP contribution >= 0.6 is 11.8 Å². The van der Waals surface area contributed by atoms with E-state index in [-0.39, 0.29) is 18.1 Å². The van der Waals surface area contributed by atoms with E-state index in [0.717, 1.165) is 23.2 Å². The topological polar surface area (TPSA) is 116 Å². The van der Waals surface area contributed by atoms with Crippen molar-refractivity contribution < 1.29 is 14.0 Å². The summed E-state index contributed by atoms with van der Waals surface area (Å²) in [4.78, 5) is 23.8. The maximum absolute atomic E-state index is 12.5. The van der Waals surface area contributed by atoms with Crippen molar-refractivity contribution in [3.8, 4) is 11.6 Å². The first-order valence-electron chi connectivity index (χ1n) is 9.26. The van der Waals surface area contributed by atoms with Crippen LogP contribution in [0.15, 0.2) is 46.2 Å². The average molecular weight is 414 g/mol. The predicted molar refractivity (Wildman–Crippen MR) is 111 cm³/mol. The van der Waals surface area contributed by atoms with Crippen LogP contribution in [0.25, 0.3) is 11.6 Å². The molecule has 0 unspecified atom stereocenters. The Hall–Kier alpha value is -3.07. The van der Waals surface area contributed by atoms with Crippen LogP contribution in [0.5, 0.6) is 0 Å². The average Bonchev–Trinajstić information content (AvgIpc) is 3.35. The van der Waals surface area contributed by atoms with Crippen molar-refractivity contribution in [1.82, 2.24) is 14.8 Å². The van der Waals surface area contributed by atoms with E-state index in [1.807, 2.05) is 25.1 Å². The minimum absolute atomic E-state index is 0.134. The number of anilines is 1. The molecule has 0 aliphatic rings. The number of hydrogen-bond acceptors (Lipinski definition) is 6. The van der Waals surface area contributed by atoms with Crippen LogP contribution in [-0.4, -0.2) is 32.3 Å². The van der Waals surface area contributed by atoms with Gasteiger partial charge in [0, 0.05) is 18.7 Å². The van der Waals surface area contributed by atoms with Gasteiger partial charge in [-0.05, 0) is 36.6 Å². The summed E-state index contributed by atoms with van der Waals surface area (Å²) >= 11 is 1.25. The Labute approximate surface area is 172 Å². The number of primary amides is 1. The van der Waals surface area contributed by atoms with Gasteiger partial charge in [-0.15, -0.1) is 10.2 Å². The first-order chi connectivity index (χ1) is 14.0. The zero-order chi connectivity index (χ0) is 20.8. The van der Waals surface area contributed by atoms with E-state index in [4.69, 9.17) is 10.2 Å². The third-order valence-electron chi connectivity index (χ3n) is 4.38. The molecule has 8 nitrogen and oxygen atoms in total. The fraction of sp³-hybridized carbons (Fsp3) is 0.300. The highest BCUT2D eigenvalue weighted by molar-refractivity contribution is 7.99. The zero-order valence-electron chi connectivity index (χ0n) is 16.3. The van der Waals surface area contributed by atoms with Crippen LogP contribution in [0.4, 0.5) is 5.69 Å². The van der Waals surface area contributed by atoms with Crippen LogP contribution in [0, 0.1) is 6.92 Å². The highest BCUT2D eigenvalue weighted by Crippen LogP contribution is 2.26. The number of benzene rings is 1. The van der Waals surface area contributed by atoms with Gasteiger partial charge in [0.1, 0.15) is 0 Å². The fourth-order valence-corrected chi connectivity index (χ4v) is 3.68. The first-order valence-corrected chi connectivity index (χ1v) is 10.2. The number of furan rings is 1. The summed E-state index contributed by atoms with van der Waals surface area (Å²) in [5.74, 6) is 0.620. The number of nitrogens with one attached hydrogen (secondary N) is 1. The van der Waals surface area contributed by atoms with Gasteiger partial charge >= 0.3 is 0 Å². The lowest BCUT2D eigenvalue weighted by molar-refractivity contribution is -0.118. The molecule has 0 saturated heterocycles. The van der Waals surface area contributed by atoms with Crippen LogP contribution < -0.4 is 11.1 Å². The lowest BCUT2D eigenvalue weighted by Crippen LogP contribution is -2.17. The van der Waals surface area contributed by atoms with Crippen molar-refractivity contribution in [3.05, 3.63) is 47.7 Å². The standard InChI is InChI=1S/C20H23N5O3S/c1-3-14-7-4-6-13(2)18(14)22-17(27)12-29-20-24-23-19(15-8-5-11-28-15)25(20)10-9-16(21)26/h4-8,11H,3,9-10,12H2,1-2H3,(H2,21,26)(H,22,27). The Morgan fingerprint density at radius 1 is 1.24 bits per heavy atom. The number of rotatable bonds is 9. The molecule has 2 heterocycles. The maximum Gasteiger partial charge on any atom is 0.234 e. The van der Waals surface area contributed by atoms with Gasteiger partial charge in [0.25, 0.3) is 0 Å². The summed E-state index contributed by atoms with van der Waals surface area (Å²) in [5, 5.41) is 11.8. The monoisotopic (exact) mass is 413 g/mol. The van der Waals surface area contributed by atoms with Gasteiger partial charge in [0.2, 0.25) is 11.8 Å². The van der Waals surface area contributed by atoms with Gasteiger partial charge in [0.05, 0.1) is 12.0 Å². The zero-order valence-corrected chi connectivity index (χ0v) is 17.2. The third-order valence-corrected chi connectivity index (χ3v) is 5.34. The molecule has 0 bridgehead atoms. The quantitative estimate of drug-likeness (QED) is 0.521. The lowest BCUT2D eigenvalue weighted by atomic mass is 10.1. The van der Waals surface area contributed by atoms with Crippen molar-refractivity contribution in [2.45, 2.75) is 38.4 Å². The van der Waals surface area contributed by atoms with Crippen LogP contribution in [0.3, 0.4) is 0 Å². The van der Waals surface area contributed by atoms with E-state index in [1.165, 1.54) is 18.0 Å². The summed E-state index contributed by atoms with van der Waals surface area (Å²) in [6.45, 7) is 4.33. The molecule has 2 aromatic heterocycles. The predicted octanol–water partition coefficient (Wildman–Crippen LogP) is 3.02. The van der Waals surface area contributed by atoms with E-state index < -0.39 is 5.91 Å². The van der Waals surface area contributed by atoms with Crippen molar-refractivity contribution >= 4 is 29.3 Å². The lowest BCUT2D eigenvalue weighted by Gasteiger charge is -2.13. The Balaban J connectivity index is 1.73. The first kappa shape index (κ1) is 20.7. The minimum atomic E-state index is -0.426. The van der Waals surface area contributed by atoms with Gasteiger partial charge in [0.15, 0.2) is 16.7 Å². The number of nitrogens with two attached hydrogens (primary N) is 1. The molecule has 0 aliphatic heterocycles. The molecule has 152 valence electrons. The summed E-state index contributed by atoms with van der Waals surface area (Å²) < 4.78 is 7.14. The molecule has 2 amide bonds. The number of nitrogens with zero attached hydrogens (tertiary/aromatic N) is 3. The van der Waals surface area contributed by atoms with Crippen molar-refractivity contribution in [2.24, 2.45) is 5.73 Å². The summed E-state index contributed by atoms with van der Waals surface area (Å²) in [5.41, 5.74) is 8.26. The highest BCUT2D eigenvalue weighted by Gasteiger charge is 2.18. The highest BCUT2D eigenvalue weighted by atomic mass is 32.2. The normalized spacial score (nSPS) is 10.8. The Kier molecular flexibility index (Phi) is 6.71. The van der Waals surface area contributed by atoms with Gasteiger partial charge < -0.3 is 15.5 Å². The number of aryl methyl sites for hydroxylation is 2. The molecular formula is C20H23N5O3S. The molecular weight excluding hydrogens is 390 g/mol. The minimum Gasteiger partial charge on any atom is -0.461 e. The van der Waals surface area contributed by atoms with E-state index in [2.05, 4.69) is 22.4 Å². The maximum atomic E-state index is 12.5. The number of thioether (sulfide) groups is 1. The number of carbonyl (C=O) groups excluding carboxylic acids is 2. The fourth-order valence-electron chi connectivity index (χ4n) is 2.91. The largest absolute Gasteiger partial charge is 0.461 e. The van der Waals surface area contributed by atoms with E-state index in [1.54, 1.807) is 16.7 Å². The van der Waals surface area contributed by atoms with Crippen LogP contribution in [0.2, 0.25) is 0 Å². The van der Waals surface area contributed by atoms with E-state index in [9.17, 15) is 9.59 Å². The number of amides is 2. The molecule has 3 N–H and O–H groups in total. The molecule has 0 aliphatic carbocycles. The number of carbonyl (C=O) groups is 2. The van der Waals surface area contributed by atoms with Gasteiger partial charge in [-0.3, -0.25) is 14.2 Å². The van der Waals surface area contributed by atoms with Crippen molar-refractivity contribution in [2.75, 3.05) is 11.1 Å². The molecule has 9 heteroatoms. The molecule has 3 rings (SSSR count). The summed E-state index contributed by atoms with van der Waals surface area (Å²) in [6, 6.07) is 9.46. The second-order valence-electron chi connectivity index (χ2n) is 6.45. The molecule has 1 aromatic carbocycles. The molecule has 0 fully saturated rings. The van der Waals surface area contributed by atoms with Gasteiger partial charge in [-0.2, -0.15) is 0 Å². The molecule has 0 spiro atoms. The number of aromatic nitrogens is 3. The Bertz CT molecular complexity index is 998. The van der Waals surface area contributed by atoms with Crippen molar-refractivity contribution in [1.29, 1.82) is 0 Å². The van der Waals surface area contributed by atoms with Crippen LogP contribution in [-0.2, 0) is 22.6 Å². The van der Waals surface area contributed by atoms with E-state index >= 15 is 0 Å². The SMILES string of the molecule is CCc1cccc(C)c1NC(=O)CSc1nnc(-c2ccco2)n1CCC(N)=O. The molecule has 29 heavy (non-hydrogen) atoms. The van der Waals surface area contributed by atoms with Gasteiger partial charge in [-0.1, -0.05) is 36.9 Å². The second-order valence-corrected chi connectivity index (χ2v) is 7.39. The summed E-state index contributed by atoms with van der Waals surface area (Å²) in [6.07, 6.45) is 2.50. The number of hydrogen-bond donors (Lipinski definition) is 2. The smallest absolute Gasteiger partial charge is 0.234 e. The van der Waals surface area contributed by atoms with Gasteiger partial charge in [-0.25, -0.2) is 0 Å². The number of para-hydroxylation sites is 1. The Morgan fingerprint density at radius 3 is 2.76 bits per heavy atom. The van der Waals surface area contributed by atoms with Crippen molar-refractivity contribution in [3.63, 3.8) is 0 Å². The van der Waals surface area contributed by atoms with E-state index in [0.29, 0.717) is 23.3 Å². The molecule has 3 aromatic rings. The third kappa shape index (κ3) is 5.05. The molecule has 0 saturated carbocycles. The molecule has 0 atom stereocenters.